The molecule has 5 nitrogen and oxygen atoms in total. The number of allylic oxidation sites excluding steroid dienone is 1. The Morgan fingerprint density at radius 3 is 2.65 bits per heavy atom. The van der Waals surface area contributed by atoms with Crippen LogP contribution in [0.2, 0.25) is 0 Å². The van der Waals surface area contributed by atoms with Gasteiger partial charge >= 0.3 is 0 Å². The van der Waals surface area contributed by atoms with Crippen molar-refractivity contribution in [3.05, 3.63) is 72.5 Å². The summed E-state index contributed by atoms with van der Waals surface area (Å²) in [5, 5.41) is 10.5. The second-order valence-corrected chi connectivity index (χ2v) is 6.85. The van der Waals surface area contributed by atoms with E-state index in [2.05, 4.69) is 24.9 Å². The highest BCUT2D eigenvalue weighted by Crippen LogP contribution is 2.33. The molecule has 1 amide bonds. The lowest BCUT2D eigenvalue weighted by molar-refractivity contribution is -0.128. The molecule has 1 unspecified atom stereocenters. The summed E-state index contributed by atoms with van der Waals surface area (Å²) in [6, 6.07) is 9.40. The lowest BCUT2D eigenvalue weighted by Gasteiger charge is -2.25. The fourth-order valence-corrected chi connectivity index (χ4v) is 3.21. The second kappa shape index (κ2) is 8.04. The Labute approximate surface area is 154 Å². The van der Waals surface area contributed by atoms with Gasteiger partial charge in [-0.1, -0.05) is 56.3 Å². The van der Waals surface area contributed by atoms with Crippen molar-refractivity contribution in [1.82, 2.24) is 14.5 Å². The van der Waals surface area contributed by atoms with Crippen LogP contribution in [0.15, 0.2) is 67.0 Å². The quantitative estimate of drug-likeness (QED) is 0.775. The summed E-state index contributed by atoms with van der Waals surface area (Å²) in [6.45, 7) is 5.56. The van der Waals surface area contributed by atoms with Gasteiger partial charge in [-0.25, -0.2) is 4.98 Å². The van der Waals surface area contributed by atoms with Crippen molar-refractivity contribution in [1.29, 1.82) is 0 Å². The van der Waals surface area contributed by atoms with Crippen LogP contribution in [0.25, 0.3) is 5.57 Å². The zero-order valence-corrected chi connectivity index (χ0v) is 15.2. The van der Waals surface area contributed by atoms with E-state index in [4.69, 9.17) is 0 Å². The van der Waals surface area contributed by atoms with Crippen LogP contribution in [0.5, 0.6) is 0 Å². The maximum Gasteiger partial charge on any atom is 0.289 e. The SMILES string of the molecule is CC(C)C=CC1C(c2ccccc2)=C(O)C(=O)N1CCCn1ccnc1. The molecule has 26 heavy (non-hydrogen) atoms. The van der Waals surface area contributed by atoms with Crippen LogP contribution >= 0.6 is 0 Å². The molecule has 1 aliphatic heterocycles. The van der Waals surface area contributed by atoms with E-state index in [1.807, 2.05) is 47.2 Å². The van der Waals surface area contributed by atoms with Crippen molar-refractivity contribution < 1.29 is 9.90 Å². The topological polar surface area (TPSA) is 58.4 Å². The fourth-order valence-electron chi connectivity index (χ4n) is 3.21. The van der Waals surface area contributed by atoms with Gasteiger partial charge in [0.05, 0.1) is 12.4 Å². The highest BCUT2D eigenvalue weighted by atomic mass is 16.3. The summed E-state index contributed by atoms with van der Waals surface area (Å²) in [5.74, 6) is -0.0669. The maximum atomic E-state index is 12.7. The molecular weight excluding hydrogens is 326 g/mol. The molecule has 0 bridgehead atoms. The molecule has 1 aliphatic rings. The number of hydrogen-bond acceptors (Lipinski definition) is 3. The van der Waals surface area contributed by atoms with E-state index >= 15 is 0 Å². The number of aliphatic hydroxyl groups excluding tert-OH is 1. The number of rotatable bonds is 7. The Morgan fingerprint density at radius 1 is 1.23 bits per heavy atom. The van der Waals surface area contributed by atoms with E-state index in [1.165, 1.54) is 0 Å². The summed E-state index contributed by atoms with van der Waals surface area (Å²) in [5.41, 5.74) is 1.57. The molecule has 1 aromatic carbocycles. The number of aromatic nitrogens is 2. The van der Waals surface area contributed by atoms with Crippen molar-refractivity contribution in [2.75, 3.05) is 6.54 Å². The first-order valence-electron chi connectivity index (χ1n) is 9.01. The molecule has 1 aromatic heterocycles. The van der Waals surface area contributed by atoms with E-state index in [1.54, 1.807) is 17.4 Å². The number of amides is 1. The van der Waals surface area contributed by atoms with Gasteiger partial charge in [-0.2, -0.15) is 0 Å². The molecule has 0 aliphatic carbocycles. The zero-order valence-electron chi connectivity index (χ0n) is 15.2. The minimum atomic E-state index is -0.298. The van der Waals surface area contributed by atoms with E-state index in [0.29, 0.717) is 18.0 Å². The van der Waals surface area contributed by atoms with Crippen molar-refractivity contribution in [3.63, 3.8) is 0 Å². The molecule has 136 valence electrons. The molecule has 0 spiro atoms. The van der Waals surface area contributed by atoms with E-state index in [-0.39, 0.29) is 17.7 Å². The summed E-state index contributed by atoms with van der Waals surface area (Å²) >= 11 is 0. The fraction of sp³-hybridized carbons (Fsp3) is 0.333. The Morgan fingerprint density at radius 2 is 2.00 bits per heavy atom. The number of carbonyl (C=O) groups excluding carboxylic acids is 1. The Bertz CT molecular complexity index is 792. The lowest BCUT2D eigenvalue weighted by Crippen LogP contribution is -2.35. The van der Waals surface area contributed by atoms with Gasteiger partial charge in [0.25, 0.3) is 5.91 Å². The minimum absolute atomic E-state index is 0.141. The molecule has 2 heterocycles. The normalized spacial score (nSPS) is 17.9. The third-order valence-electron chi connectivity index (χ3n) is 4.49. The van der Waals surface area contributed by atoms with Gasteiger partial charge in [0.1, 0.15) is 0 Å². The zero-order chi connectivity index (χ0) is 18.5. The Hall–Kier alpha value is -2.82. The lowest BCUT2D eigenvalue weighted by atomic mass is 9.98. The third kappa shape index (κ3) is 3.87. The summed E-state index contributed by atoms with van der Waals surface area (Å²) in [7, 11) is 0. The van der Waals surface area contributed by atoms with Gasteiger partial charge in [0.15, 0.2) is 5.76 Å². The van der Waals surface area contributed by atoms with Gasteiger partial charge in [-0.05, 0) is 17.9 Å². The predicted molar refractivity (Wildman–Crippen MR) is 102 cm³/mol. The van der Waals surface area contributed by atoms with Gasteiger partial charge in [0.2, 0.25) is 0 Å². The molecule has 0 fully saturated rings. The summed E-state index contributed by atoms with van der Waals surface area (Å²) in [4.78, 5) is 18.5. The number of imidazole rings is 1. The van der Waals surface area contributed by atoms with Gasteiger partial charge in [0, 0.05) is 31.1 Å². The molecule has 0 radical (unpaired) electrons. The number of carbonyl (C=O) groups is 1. The number of benzene rings is 1. The van der Waals surface area contributed by atoms with Crippen LogP contribution in [-0.2, 0) is 11.3 Å². The Balaban J connectivity index is 1.82. The van der Waals surface area contributed by atoms with E-state index < -0.39 is 0 Å². The largest absolute Gasteiger partial charge is 0.503 e. The van der Waals surface area contributed by atoms with E-state index in [9.17, 15) is 9.90 Å². The molecule has 3 rings (SSSR count). The first-order chi connectivity index (χ1) is 12.6. The number of hydrogen-bond donors (Lipinski definition) is 1. The molecule has 2 aromatic rings. The van der Waals surface area contributed by atoms with Crippen molar-refractivity contribution in [2.45, 2.75) is 32.9 Å². The molecule has 1 atom stereocenters. The van der Waals surface area contributed by atoms with Crippen LogP contribution in [0, 0.1) is 5.92 Å². The molecule has 0 saturated carbocycles. The predicted octanol–water partition coefficient (Wildman–Crippen LogP) is 3.67. The highest BCUT2D eigenvalue weighted by Gasteiger charge is 2.38. The van der Waals surface area contributed by atoms with Crippen LogP contribution in [0.4, 0.5) is 0 Å². The average molecular weight is 351 g/mol. The number of aliphatic hydroxyl groups is 1. The molecular formula is C21H25N3O2. The van der Waals surface area contributed by atoms with Crippen LogP contribution in [-0.4, -0.2) is 38.1 Å². The Kier molecular flexibility index (Phi) is 5.56. The van der Waals surface area contributed by atoms with Gasteiger partial charge in [-0.3, -0.25) is 4.79 Å². The van der Waals surface area contributed by atoms with Crippen LogP contribution < -0.4 is 0 Å². The average Bonchev–Trinajstić information content (AvgIpc) is 3.23. The molecule has 1 N–H and O–H groups in total. The maximum absolute atomic E-state index is 12.7. The number of aryl methyl sites for hydroxylation is 1. The summed E-state index contributed by atoms with van der Waals surface area (Å²) < 4.78 is 1.99. The molecule has 5 heteroatoms. The highest BCUT2D eigenvalue weighted by molar-refractivity contribution is 6.05. The van der Waals surface area contributed by atoms with Crippen molar-refractivity contribution in [3.8, 4) is 0 Å². The first-order valence-corrected chi connectivity index (χ1v) is 9.01. The minimum Gasteiger partial charge on any atom is -0.503 e. The monoisotopic (exact) mass is 351 g/mol. The first kappa shape index (κ1) is 18.0. The van der Waals surface area contributed by atoms with Crippen LogP contribution in [0.3, 0.4) is 0 Å². The standard InChI is InChI=1S/C21H25N3O2/c1-16(2)9-10-18-19(17-7-4-3-5-8-17)20(25)21(26)24(18)13-6-12-23-14-11-22-15-23/h3-5,7-11,14-16,18,25H,6,12-13H2,1-2H3. The van der Waals surface area contributed by atoms with Gasteiger partial charge < -0.3 is 14.6 Å². The third-order valence-corrected chi connectivity index (χ3v) is 4.49. The number of nitrogens with zero attached hydrogens (tertiary/aromatic N) is 3. The van der Waals surface area contributed by atoms with Crippen molar-refractivity contribution >= 4 is 11.5 Å². The summed E-state index contributed by atoms with van der Waals surface area (Å²) in [6.07, 6.45) is 10.3. The molecule has 0 saturated heterocycles. The van der Waals surface area contributed by atoms with Crippen molar-refractivity contribution in [2.24, 2.45) is 5.92 Å². The smallest absolute Gasteiger partial charge is 0.289 e. The van der Waals surface area contributed by atoms with E-state index in [0.717, 1.165) is 18.5 Å². The van der Waals surface area contributed by atoms with Gasteiger partial charge in [-0.15, -0.1) is 0 Å². The van der Waals surface area contributed by atoms with Crippen LogP contribution in [0.1, 0.15) is 25.8 Å². The second-order valence-electron chi connectivity index (χ2n) is 6.85.